The predicted octanol–water partition coefficient (Wildman–Crippen LogP) is 4.55. The maximum atomic E-state index is 13.5. The van der Waals surface area contributed by atoms with Crippen LogP contribution in [0.1, 0.15) is 17.7 Å². The van der Waals surface area contributed by atoms with Crippen molar-refractivity contribution in [3.8, 4) is 0 Å². The lowest BCUT2D eigenvalue weighted by atomic mass is 10.1. The van der Waals surface area contributed by atoms with Gasteiger partial charge in [0.15, 0.2) is 5.16 Å². The lowest BCUT2D eigenvalue weighted by Gasteiger charge is -2.13. The van der Waals surface area contributed by atoms with Crippen molar-refractivity contribution in [1.29, 1.82) is 0 Å². The summed E-state index contributed by atoms with van der Waals surface area (Å²) < 4.78 is 29.8. The minimum Gasteiger partial charge on any atom is -0.390 e. The van der Waals surface area contributed by atoms with Crippen LogP contribution in [0.5, 0.6) is 0 Å². The lowest BCUT2D eigenvalue weighted by Crippen LogP contribution is -2.18. The van der Waals surface area contributed by atoms with Crippen LogP contribution in [-0.4, -0.2) is 36.1 Å². The quantitative estimate of drug-likeness (QED) is 0.481. The number of halogens is 2. The molecule has 0 fully saturated rings. The number of fused-ring (bicyclic) bond motifs is 2. The number of thioether (sulfide) groups is 1. The number of rotatable bonds is 6. The molecular formula is C20H20F2N4OS. The average molecular weight is 402 g/mol. The summed E-state index contributed by atoms with van der Waals surface area (Å²) in [7, 11) is 0. The number of imidazole rings is 2. The van der Waals surface area contributed by atoms with Gasteiger partial charge >= 0.3 is 6.55 Å². The first-order valence-corrected chi connectivity index (χ1v) is 9.90. The normalized spacial score (nSPS) is 13.1. The molecule has 4 rings (SSSR count). The molecule has 0 aliphatic carbocycles. The number of aryl methyl sites for hydroxylation is 2. The van der Waals surface area contributed by atoms with Gasteiger partial charge in [-0.1, -0.05) is 23.9 Å². The van der Waals surface area contributed by atoms with Crippen molar-refractivity contribution in [2.75, 3.05) is 5.75 Å². The largest absolute Gasteiger partial charge is 0.390 e. The Morgan fingerprint density at radius 2 is 1.82 bits per heavy atom. The second-order valence-electron chi connectivity index (χ2n) is 6.82. The molecule has 8 heteroatoms. The number of alkyl halides is 2. The summed E-state index contributed by atoms with van der Waals surface area (Å²) in [6.45, 7) is 1.72. The van der Waals surface area contributed by atoms with E-state index in [1.807, 2.05) is 30.5 Å². The van der Waals surface area contributed by atoms with Crippen LogP contribution in [0.15, 0.2) is 47.9 Å². The van der Waals surface area contributed by atoms with Crippen LogP contribution in [0.25, 0.3) is 22.1 Å². The molecule has 0 bridgehead atoms. The molecule has 2 aromatic heterocycles. The SMILES string of the molecule is Cc1cc2ncn(CC(O)CSc3nc4ccccc4n3C(F)F)c2cc1C. The zero-order valence-corrected chi connectivity index (χ0v) is 16.3. The van der Waals surface area contributed by atoms with E-state index in [-0.39, 0.29) is 10.9 Å². The highest BCUT2D eigenvalue weighted by Crippen LogP contribution is 2.29. The van der Waals surface area contributed by atoms with Gasteiger partial charge in [-0.3, -0.25) is 4.57 Å². The Morgan fingerprint density at radius 1 is 1.07 bits per heavy atom. The van der Waals surface area contributed by atoms with E-state index in [9.17, 15) is 13.9 Å². The number of aromatic nitrogens is 4. The fraction of sp³-hybridized carbons (Fsp3) is 0.300. The number of hydrogen-bond donors (Lipinski definition) is 1. The fourth-order valence-corrected chi connectivity index (χ4v) is 4.15. The third kappa shape index (κ3) is 3.49. The summed E-state index contributed by atoms with van der Waals surface area (Å²) in [5.74, 6) is 0.251. The minimum absolute atomic E-state index is 0.206. The molecule has 0 aliphatic rings. The summed E-state index contributed by atoms with van der Waals surface area (Å²) in [6, 6.07) is 10.9. The monoisotopic (exact) mass is 402 g/mol. The Hall–Kier alpha value is -2.45. The van der Waals surface area contributed by atoms with Gasteiger partial charge in [0.1, 0.15) is 0 Å². The van der Waals surface area contributed by atoms with Gasteiger partial charge in [-0.2, -0.15) is 8.78 Å². The van der Waals surface area contributed by atoms with Crippen molar-refractivity contribution in [2.24, 2.45) is 0 Å². The smallest absolute Gasteiger partial charge is 0.321 e. The van der Waals surface area contributed by atoms with Crippen molar-refractivity contribution < 1.29 is 13.9 Å². The van der Waals surface area contributed by atoms with Crippen molar-refractivity contribution in [2.45, 2.75) is 38.2 Å². The minimum atomic E-state index is -2.68. The van der Waals surface area contributed by atoms with Gasteiger partial charge in [-0.05, 0) is 49.2 Å². The summed E-state index contributed by atoms with van der Waals surface area (Å²) in [5.41, 5.74) is 5.06. The maximum Gasteiger partial charge on any atom is 0.321 e. The highest BCUT2D eigenvalue weighted by molar-refractivity contribution is 7.99. The number of aliphatic hydroxyl groups excluding tert-OH is 1. The van der Waals surface area contributed by atoms with Gasteiger partial charge in [0.05, 0.1) is 41.0 Å². The van der Waals surface area contributed by atoms with Crippen LogP contribution < -0.4 is 0 Å². The number of aliphatic hydroxyl groups is 1. The molecule has 1 N–H and O–H groups in total. The third-order valence-electron chi connectivity index (χ3n) is 4.81. The molecule has 0 saturated heterocycles. The Balaban J connectivity index is 1.51. The molecule has 0 amide bonds. The van der Waals surface area contributed by atoms with E-state index < -0.39 is 12.7 Å². The summed E-state index contributed by atoms with van der Waals surface area (Å²) in [4.78, 5) is 8.68. The molecule has 146 valence electrons. The Labute approximate surface area is 165 Å². The Morgan fingerprint density at radius 3 is 2.61 bits per heavy atom. The first kappa shape index (κ1) is 18.9. The highest BCUT2D eigenvalue weighted by atomic mass is 32.2. The molecule has 0 spiro atoms. The summed E-state index contributed by atoms with van der Waals surface area (Å²) in [5, 5.41) is 10.7. The van der Waals surface area contributed by atoms with Crippen molar-refractivity contribution in [3.63, 3.8) is 0 Å². The maximum absolute atomic E-state index is 13.5. The van der Waals surface area contributed by atoms with E-state index >= 15 is 0 Å². The zero-order chi connectivity index (χ0) is 19.8. The van der Waals surface area contributed by atoms with Crippen molar-refractivity contribution >= 4 is 33.8 Å². The molecule has 4 aromatic rings. The Bertz CT molecular complexity index is 1140. The van der Waals surface area contributed by atoms with Crippen LogP contribution in [-0.2, 0) is 6.54 Å². The van der Waals surface area contributed by atoms with E-state index in [1.54, 1.807) is 30.6 Å². The standard InChI is InChI=1S/C20H20F2N4OS/c1-12-7-16-18(8-13(12)2)25(11-23-16)9-14(27)10-28-20-24-15-5-3-4-6-17(15)26(20)19(21)22/h3-8,11,14,19,27H,9-10H2,1-2H3. The molecule has 2 heterocycles. The summed E-state index contributed by atoms with van der Waals surface area (Å²) >= 11 is 1.13. The molecule has 1 atom stereocenters. The van der Waals surface area contributed by atoms with Gasteiger partial charge in [-0.15, -0.1) is 0 Å². The molecule has 0 saturated carbocycles. The van der Waals surface area contributed by atoms with Crippen molar-refractivity contribution in [3.05, 3.63) is 53.9 Å². The number of nitrogens with zero attached hydrogens (tertiary/aromatic N) is 4. The lowest BCUT2D eigenvalue weighted by molar-refractivity contribution is 0.0655. The number of hydrogen-bond acceptors (Lipinski definition) is 4. The van der Waals surface area contributed by atoms with Gasteiger partial charge in [0.25, 0.3) is 0 Å². The van der Waals surface area contributed by atoms with Gasteiger partial charge in [-0.25, -0.2) is 9.97 Å². The summed E-state index contributed by atoms with van der Waals surface area (Å²) in [6.07, 6.45) is 0.973. The zero-order valence-electron chi connectivity index (χ0n) is 15.5. The first-order valence-electron chi connectivity index (χ1n) is 8.92. The van der Waals surface area contributed by atoms with Crippen LogP contribution in [0.4, 0.5) is 8.78 Å². The molecule has 5 nitrogen and oxygen atoms in total. The molecule has 2 aromatic carbocycles. The number of benzene rings is 2. The predicted molar refractivity (Wildman–Crippen MR) is 107 cm³/mol. The van der Waals surface area contributed by atoms with E-state index in [0.29, 0.717) is 17.6 Å². The van der Waals surface area contributed by atoms with E-state index in [4.69, 9.17) is 0 Å². The topological polar surface area (TPSA) is 55.9 Å². The highest BCUT2D eigenvalue weighted by Gasteiger charge is 2.19. The van der Waals surface area contributed by atoms with Crippen LogP contribution in [0, 0.1) is 13.8 Å². The van der Waals surface area contributed by atoms with E-state index in [2.05, 4.69) is 9.97 Å². The molecule has 28 heavy (non-hydrogen) atoms. The molecule has 0 radical (unpaired) electrons. The molecular weight excluding hydrogens is 382 g/mol. The fourth-order valence-electron chi connectivity index (χ4n) is 3.22. The average Bonchev–Trinajstić information content (AvgIpc) is 3.21. The number of para-hydroxylation sites is 2. The molecule has 1 unspecified atom stereocenters. The first-order chi connectivity index (χ1) is 13.4. The van der Waals surface area contributed by atoms with Gasteiger partial charge < -0.3 is 9.67 Å². The van der Waals surface area contributed by atoms with Crippen LogP contribution >= 0.6 is 11.8 Å². The molecule has 0 aliphatic heterocycles. The van der Waals surface area contributed by atoms with Crippen molar-refractivity contribution in [1.82, 2.24) is 19.1 Å². The Kier molecular flexibility index (Phi) is 5.07. The second-order valence-corrected chi connectivity index (χ2v) is 7.80. The third-order valence-corrected chi connectivity index (χ3v) is 5.91. The second kappa shape index (κ2) is 7.52. The van der Waals surface area contributed by atoms with Gasteiger partial charge in [0, 0.05) is 5.75 Å². The van der Waals surface area contributed by atoms with Gasteiger partial charge in [0.2, 0.25) is 0 Å². The van der Waals surface area contributed by atoms with Crippen LogP contribution in [0.2, 0.25) is 0 Å². The van der Waals surface area contributed by atoms with E-state index in [0.717, 1.165) is 32.9 Å². The van der Waals surface area contributed by atoms with Crippen LogP contribution in [0.3, 0.4) is 0 Å². The van der Waals surface area contributed by atoms with E-state index in [1.165, 1.54) is 5.56 Å².